The van der Waals surface area contributed by atoms with Crippen LogP contribution in [0.4, 0.5) is 0 Å². The summed E-state index contributed by atoms with van der Waals surface area (Å²) in [5.41, 5.74) is 6.21. The molecular formula is C9H4N3OS. The molecule has 0 amide bonds. The molecule has 0 N–H and O–H groups in total. The Kier molecular flexibility index (Phi) is 1.57. The number of nitrogens with zero attached hydrogens (tertiary/aromatic N) is 3. The van der Waals surface area contributed by atoms with Crippen LogP contribution in [-0.4, -0.2) is 15.3 Å². The summed E-state index contributed by atoms with van der Waals surface area (Å²) in [6.45, 7) is 0. The van der Waals surface area contributed by atoms with Crippen molar-refractivity contribution in [2.24, 2.45) is 0 Å². The molecule has 0 aliphatic carbocycles. The maximum absolute atomic E-state index is 4.61. The van der Waals surface area contributed by atoms with Crippen molar-refractivity contribution in [2.75, 3.05) is 0 Å². The van der Waals surface area contributed by atoms with Crippen molar-refractivity contribution in [1.29, 1.82) is 0 Å². The van der Waals surface area contributed by atoms with Crippen LogP contribution in [-0.2, 0) is 0 Å². The smallest absolute Gasteiger partial charge is 0.152 e. The van der Waals surface area contributed by atoms with E-state index in [1.165, 1.54) is 11.3 Å². The van der Waals surface area contributed by atoms with Crippen molar-refractivity contribution in [3.05, 3.63) is 29.1 Å². The Labute approximate surface area is 83.2 Å². The van der Waals surface area contributed by atoms with Crippen LogP contribution in [0, 0.1) is 5.51 Å². The first kappa shape index (κ1) is 7.64. The minimum atomic E-state index is 0.746. The molecule has 67 valence electrons. The molecule has 2 aromatic heterocycles. The van der Waals surface area contributed by atoms with Gasteiger partial charge in [0.15, 0.2) is 5.51 Å². The van der Waals surface area contributed by atoms with Crippen LogP contribution in [0.15, 0.2) is 28.2 Å². The highest BCUT2D eigenvalue weighted by molar-refractivity contribution is 7.07. The van der Waals surface area contributed by atoms with Gasteiger partial charge < -0.3 is 0 Å². The summed E-state index contributed by atoms with van der Waals surface area (Å²) in [5, 5.41) is 9.44. The van der Waals surface area contributed by atoms with Gasteiger partial charge in [0.1, 0.15) is 11.0 Å². The fraction of sp³-hybridized carbons (Fsp3) is 0. The molecule has 0 saturated heterocycles. The molecule has 0 spiro atoms. The zero-order valence-corrected chi connectivity index (χ0v) is 7.78. The third-order valence-electron chi connectivity index (χ3n) is 1.94. The van der Waals surface area contributed by atoms with Crippen LogP contribution in [0.2, 0.25) is 0 Å². The third kappa shape index (κ3) is 1.10. The summed E-state index contributed by atoms with van der Waals surface area (Å²) < 4.78 is 4.61. The summed E-state index contributed by atoms with van der Waals surface area (Å²) in [5.74, 6) is 0. The first-order chi connectivity index (χ1) is 6.93. The van der Waals surface area contributed by atoms with Gasteiger partial charge in [-0.15, -0.1) is 11.3 Å². The molecule has 1 radical (unpaired) electrons. The second kappa shape index (κ2) is 2.88. The number of thiazole rings is 1. The minimum absolute atomic E-state index is 0.746. The summed E-state index contributed by atoms with van der Waals surface area (Å²) >= 11 is 1.45. The lowest BCUT2D eigenvalue weighted by molar-refractivity contribution is 0.315. The molecule has 3 rings (SSSR count). The molecule has 0 aliphatic heterocycles. The van der Waals surface area contributed by atoms with Gasteiger partial charge >= 0.3 is 0 Å². The molecule has 0 bridgehead atoms. The monoisotopic (exact) mass is 202 g/mol. The van der Waals surface area contributed by atoms with Crippen LogP contribution < -0.4 is 0 Å². The van der Waals surface area contributed by atoms with Gasteiger partial charge in [-0.1, -0.05) is 6.07 Å². The number of benzene rings is 1. The third-order valence-corrected chi connectivity index (χ3v) is 2.48. The van der Waals surface area contributed by atoms with E-state index >= 15 is 0 Å². The highest BCUT2D eigenvalue weighted by Gasteiger charge is 2.04. The number of fused-ring (bicyclic) bond motifs is 1. The van der Waals surface area contributed by atoms with E-state index in [0.29, 0.717) is 0 Å². The van der Waals surface area contributed by atoms with E-state index in [1.54, 1.807) is 0 Å². The number of aromatic nitrogens is 3. The maximum atomic E-state index is 4.61. The Bertz CT molecular complexity index is 558. The van der Waals surface area contributed by atoms with Gasteiger partial charge in [-0.25, -0.2) is 9.61 Å². The summed E-state index contributed by atoms with van der Waals surface area (Å²) in [4.78, 5) is 4.09. The Balaban J connectivity index is 2.23. The standard InChI is InChI=1S/C9H4N3OS/c1-2-7-8(12-13-11-7)3-6(1)9-4-14-5-10-9/h1-4H. The van der Waals surface area contributed by atoms with E-state index in [1.807, 2.05) is 23.6 Å². The highest BCUT2D eigenvalue weighted by atomic mass is 32.1. The Morgan fingerprint density at radius 2 is 2.14 bits per heavy atom. The molecule has 2 heterocycles. The molecule has 0 atom stereocenters. The zero-order valence-electron chi connectivity index (χ0n) is 6.97. The van der Waals surface area contributed by atoms with Gasteiger partial charge in [-0.2, -0.15) is 0 Å². The maximum Gasteiger partial charge on any atom is 0.152 e. The predicted octanol–water partition coefficient (Wildman–Crippen LogP) is 2.15. The lowest BCUT2D eigenvalue weighted by Gasteiger charge is -1.93. The fourth-order valence-electron chi connectivity index (χ4n) is 1.26. The largest absolute Gasteiger partial charge is 0.243 e. The topological polar surface area (TPSA) is 51.8 Å². The molecule has 0 saturated carbocycles. The SMILES string of the molecule is [c]1nc(-c2ccc3nonc3c2)cs1. The number of hydrogen-bond donors (Lipinski definition) is 0. The fourth-order valence-corrected chi connectivity index (χ4v) is 1.76. The molecule has 0 fully saturated rings. The van der Waals surface area contributed by atoms with Gasteiger partial charge in [0.2, 0.25) is 0 Å². The number of rotatable bonds is 1. The van der Waals surface area contributed by atoms with Gasteiger partial charge in [-0.05, 0) is 22.4 Å². The number of hydrogen-bond acceptors (Lipinski definition) is 5. The first-order valence-electron chi connectivity index (χ1n) is 3.98. The van der Waals surface area contributed by atoms with E-state index in [-0.39, 0.29) is 0 Å². The Hall–Kier alpha value is -1.75. The second-order valence-electron chi connectivity index (χ2n) is 2.79. The quantitative estimate of drug-likeness (QED) is 0.606. The molecule has 1 aromatic carbocycles. The summed E-state index contributed by atoms with van der Waals surface area (Å²) in [6.07, 6.45) is 0. The van der Waals surface area contributed by atoms with Crippen molar-refractivity contribution in [3.8, 4) is 11.3 Å². The molecule has 14 heavy (non-hydrogen) atoms. The van der Waals surface area contributed by atoms with Crippen LogP contribution in [0.1, 0.15) is 0 Å². The van der Waals surface area contributed by atoms with Crippen molar-refractivity contribution >= 4 is 22.4 Å². The van der Waals surface area contributed by atoms with Crippen molar-refractivity contribution in [3.63, 3.8) is 0 Å². The predicted molar refractivity (Wildman–Crippen MR) is 51.7 cm³/mol. The van der Waals surface area contributed by atoms with E-state index in [4.69, 9.17) is 0 Å². The van der Waals surface area contributed by atoms with Crippen LogP contribution in [0.25, 0.3) is 22.3 Å². The van der Waals surface area contributed by atoms with Gasteiger partial charge in [0, 0.05) is 10.9 Å². The van der Waals surface area contributed by atoms with Gasteiger partial charge in [0.25, 0.3) is 0 Å². The van der Waals surface area contributed by atoms with Gasteiger partial charge in [0.05, 0.1) is 5.69 Å². The molecule has 4 nitrogen and oxygen atoms in total. The van der Waals surface area contributed by atoms with Crippen molar-refractivity contribution < 1.29 is 4.63 Å². The van der Waals surface area contributed by atoms with E-state index in [2.05, 4.69) is 25.4 Å². The molecule has 5 heteroatoms. The van der Waals surface area contributed by atoms with Gasteiger partial charge in [-0.3, -0.25) is 0 Å². The second-order valence-corrected chi connectivity index (χ2v) is 3.45. The van der Waals surface area contributed by atoms with E-state index < -0.39 is 0 Å². The van der Waals surface area contributed by atoms with E-state index in [0.717, 1.165) is 22.3 Å². The minimum Gasteiger partial charge on any atom is -0.243 e. The van der Waals surface area contributed by atoms with E-state index in [9.17, 15) is 0 Å². The molecule has 0 aliphatic rings. The average molecular weight is 202 g/mol. The van der Waals surface area contributed by atoms with Crippen LogP contribution >= 0.6 is 11.3 Å². The molecule has 3 aromatic rings. The molecule has 0 unspecified atom stereocenters. The summed E-state index contributed by atoms with van der Waals surface area (Å²) in [6, 6.07) is 5.70. The van der Waals surface area contributed by atoms with Crippen LogP contribution in [0.3, 0.4) is 0 Å². The Morgan fingerprint density at radius 1 is 1.21 bits per heavy atom. The van der Waals surface area contributed by atoms with Crippen molar-refractivity contribution in [2.45, 2.75) is 0 Å². The zero-order chi connectivity index (χ0) is 9.38. The Morgan fingerprint density at radius 3 is 3.00 bits per heavy atom. The normalized spacial score (nSPS) is 10.9. The first-order valence-corrected chi connectivity index (χ1v) is 4.86. The average Bonchev–Trinajstić information content (AvgIpc) is 2.88. The van der Waals surface area contributed by atoms with Crippen LogP contribution in [0.5, 0.6) is 0 Å². The molecular weight excluding hydrogens is 198 g/mol. The highest BCUT2D eigenvalue weighted by Crippen LogP contribution is 2.21. The lowest BCUT2D eigenvalue weighted by atomic mass is 10.1. The summed E-state index contributed by atoms with van der Waals surface area (Å²) in [7, 11) is 0. The lowest BCUT2D eigenvalue weighted by Crippen LogP contribution is -1.77. The van der Waals surface area contributed by atoms with Crippen molar-refractivity contribution in [1.82, 2.24) is 15.3 Å².